The third-order valence-electron chi connectivity index (χ3n) is 2.59. The lowest BCUT2D eigenvalue weighted by molar-refractivity contribution is 0.210. The summed E-state index contributed by atoms with van der Waals surface area (Å²) in [4.78, 5) is 2.28. The first-order chi connectivity index (χ1) is 7.43. The van der Waals surface area contributed by atoms with Gasteiger partial charge in [0.2, 0.25) is 0 Å². The maximum Gasteiger partial charge on any atom is 0.0409 e. The molecule has 0 aliphatic rings. The minimum atomic E-state index is 0. The summed E-state index contributed by atoms with van der Waals surface area (Å²) in [5.74, 6) is 0. The zero-order valence-electron chi connectivity index (χ0n) is 10.7. The number of nitrogens with zero attached hydrogens (tertiary/aromatic N) is 1. The van der Waals surface area contributed by atoms with Crippen LogP contribution in [-0.2, 0) is 6.54 Å². The highest BCUT2D eigenvalue weighted by molar-refractivity contribution is 6.30. The maximum atomic E-state index is 5.95. The number of nitrogens with two attached hydrogens (primary N) is 1. The van der Waals surface area contributed by atoms with Gasteiger partial charge >= 0.3 is 0 Å². The second kappa shape index (κ2) is 7.22. The summed E-state index contributed by atoms with van der Waals surface area (Å²) >= 11 is 5.95. The Balaban J connectivity index is 0.00000256. The highest BCUT2D eigenvalue weighted by atomic mass is 35.5. The highest BCUT2D eigenvalue weighted by Crippen LogP contribution is 2.17. The van der Waals surface area contributed by atoms with Crippen LogP contribution in [0.25, 0.3) is 0 Å². The van der Waals surface area contributed by atoms with Gasteiger partial charge in [-0.25, -0.2) is 0 Å². The Hall–Kier alpha value is -0.280. The Morgan fingerprint density at radius 1 is 1.35 bits per heavy atom. The average Bonchev–Trinajstić information content (AvgIpc) is 2.16. The van der Waals surface area contributed by atoms with E-state index < -0.39 is 0 Å². The number of hydrogen-bond donors (Lipinski definition) is 1. The summed E-state index contributed by atoms with van der Waals surface area (Å²) in [5.41, 5.74) is 7.12. The smallest absolute Gasteiger partial charge is 0.0409 e. The van der Waals surface area contributed by atoms with Crippen LogP contribution >= 0.6 is 24.0 Å². The molecule has 0 aromatic heterocycles. The highest BCUT2D eigenvalue weighted by Gasteiger charge is 2.17. The Labute approximate surface area is 116 Å². The van der Waals surface area contributed by atoms with Gasteiger partial charge in [-0.3, -0.25) is 0 Å². The van der Waals surface area contributed by atoms with E-state index in [1.54, 1.807) is 0 Å². The first kappa shape index (κ1) is 16.7. The van der Waals surface area contributed by atoms with Crippen molar-refractivity contribution in [1.82, 2.24) is 4.90 Å². The van der Waals surface area contributed by atoms with Crippen LogP contribution in [0.3, 0.4) is 0 Å². The van der Waals surface area contributed by atoms with Crippen LogP contribution in [0.2, 0.25) is 5.02 Å². The second-order valence-electron chi connectivity index (χ2n) is 5.17. The van der Waals surface area contributed by atoms with Crippen molar-refractivity contribution >= 4 is 24.0 Å². The molecule has 0 saturated heterocycles. The molecule has 2 nitrogen and oxygen atoms in total. The fraction of sp³-hybridized carbons (Fsp3) is 0.538. The normalized spacial score (nSPS) is 11.4. The van der Waals surface area contributed by atoms with Crippen LogP contribution in [0.1, 0.15) is 19.4 Å². The summed E-state index contributed by atoms with van der Waals surface area (Å²) < 4.78 is 0. The van der Waals surface area contributed by atoms with Gasteiger partial charge in [-0.15, -0.1) is 12.4 Å². The maximum absolute atomic E-state index is 5.95. The fourth-order valence-corrected chi connectivity index (χ4v) is 2.01. The Bertz CT molecular complexity index is 340. The topological polar surface area (TPSA) is 29.3 Å². The molecule has 17 heavy (non-hydrogen) atoms. The van der Waals surface area contributed by atoms with E-state index in [1.807, 2.05) is 18.2 Å². The molecule has 1 aromatic rings. The van der Waals surface area contributed by atoms with Crippen LogP contribution < -0.4 is 5.73 Å². The Morgan fingerprint density at radius 3 is 2.53 bits per heavy atom. The molecule has 0 saturated carbocycles. The van der Waals surface area contributed by atoms with Crippen molar-refractivity contribution < 1.29 is 0 Å². The van der Waals surface area contributed by atoms with Crippen molar-refractivity contribution in [2.24, 2.45) is 11.1 Å². The summed E-state index contributed by atoms with van der Waals surface area (Å²) in [6.45, 7) is 6.95. The van der Waals surface area contributed by atoms with E-state index in [0.717, 1.165) is 18.1 Å². The van der Waals surface area contributed by atoms with Gasteiger partial charge in [0, 0.05) is 18.1 Å². The Kier molecular flexibility index (Phi) is 7.10. The van der Waals surface area contributed by atoms with Gasteiger partial charge < -0.3 is 10.6 Å². The molecule has 0 radical (unpaired) electrons. The number of rotatable bonds is 5. The molecule has 0 heterocycles. The number of halogens is 2. The van der Waals surface area contributed by atoms with Crippen molar-refractivity contribution in [3.63, 3.8) is 0 Å². The van der Waals surface area contributed by atoms with Crippen LogP contribution in [-0.4, -0.2) is 25.0 Å². The molecular weight excluding hydrogens is 255 g/mol. The van der Waals surface area contributed by atoms with Crippen molar-refractivity contribution in [2.45, 2.75) is 20.4 Å². The van der Waals surface area contributed by atoms with Gasteiger partial charge in [0.05, 0.1) is 0 Å². The molecule has 4 heteroatoms. The average molecular weight is 277 g/mol. The van der Waals surface area contributed by atoms with Crippen molar-refractivity contribution in [2.75, 3.05) is 20.1 Å². The minimum Gasteiger partial charge on any atom is -0.330 e. The van der Waals surface area contributed by atoms with Crippen LogP contribution in [0.5, 0.6) is 0 Å². The van der Waals surface area contributed by atoms with Gasteiger partial charge in [0.15, 0.2) is 0 Å². The first-order valence-corrected chi connectivity index (χ1v) is 5.94. The lowest BCUT2D eigenvalue weighted by Crippen LogP contribution is -2.36. The van der Waals surface area contributed by atoms with E-state index in [2.05, 4.69) is 31.9 Å². The second-order valence-corrected chi connectivity index (χ2v) is 5.61. The molecule has 1 aromatic carbocycles. The molecule has 0 aliphatic carbocycles. The molecule has 1 rings (SSSR count). The van der Waals surface area contributed by atoms with Gasteiger partial charge in [0.1, 0.15) is 0 Å². The molecule has 0 spiro atoms. The third kappa shape index (κ3) is 6.27. The molecule has 0 atom stereocenters. The van der Waals surface area contributed by atoms with E-state index in [1.165, 1.54) is 5.56 Å². The summed E-state index contributed by atoms with van der Waals surface area (Å²) in [7, 11) is 2.11. The van der Waals surface area contributed by atoms with E-state index in [0.29, 0.717) is 6.54 Å². The summed E-state index contributed by atoms with van der Waals surface area (Å²) in [5, 5.41) is 0.795. The van der Waals surface area contributed by atoms with Gasteiger partial charge in [-0.1, -0.05) is 37.6 Å². The molecule has 0 amide bonds. The zero-order chi connectivity index (χ0) is 12.2. The molecule has 0 aliphatic heterocycles. The number of hydrogen-bond acceptors (Lipinski definition) is 2. The van der Waals surface area contributed by atoms with Crippen LogP contribution in [0.4, 0.5) is 0 Å². The van der Waals surface area contributed by atoms with Crippen molar-refractivity contribution in [3.05, 3.63) is 34.9 Å². The standard InChI is InChI=1S/C13H21ClN2.ClH/c1-13(2,9-15)10-16(3)8-11-5-4-6-12(14)7-11;/h4-7H,8-10,15H2,1-3H3;1H. The fourth-order valence-electron chi connectivity index (χ4n) is 1.80. The SMILES string of the molecule is CN(Cc1cccc(Cl)c1)CC(C)(C)CN.Cl. The number of benzene rings is 1. The van der Waals surface area contributed by atoms with Crippen LogP contribution in [0.15, 0.2) is 24.3 Å². The molecular formula is C13H22Cl2N2. The van der Waals surface area contributed by atoms with Crippen LogP contribution in [0, 0.1) is 5.41 Å². The summed E-state index contributed by atoms with van der Waals surface area (Å²) in [6, 6.07) is 7.99. The largest absolute Gasteiger partial charge is 0.330 e. The van der Waals surface area contributed by atoms with E-state index >= 15 is 0 Å². The minimum absolute atomic E-state index is 0. The molecule has 0 bridgehead atoms. The lowest BCUT2D eigenvalue weighted by atomic mass is 9.93. The van der Waals surface area contributed by atoms with Crippen molar-refractivity contribution in [1.29, 1.82) is 0 Å². The first-order valence-electron chi connectivity index (χ1n) is 5.56. The van der Waals surface area contributed by atoms with E-state index in [-0.39, 0.29) is 17.8 Å². The Morgan fingerprint density at radius 2 is 2.00 bits per heavy atom. The van der Waals surface area contributed by atoms with Gasteiger partial charge in [-0.2, -0.15) is 0 Å². The van der Waals surface area contributed by atoms with Gasteiger partial charge in [0.25, 0.3) is 0 Å². The molecule has 98 valence electrons. The zero-order valence-corrected chi connectivity index (χ0v) is 12.3. The van der Waals surface area contributed by atoms with E-state index in [4.69, 9.17) is 17.3 Å². The van der Waals surface area contributed by atoms with Gasteiger partial charge in [-0.05, 0) is 36.7 Å². The summed E-state index contributed by atoms with van der Waals surface area (Å²) in [6.07, 6.45) is 0. The third-order valence-corrected chi connectivity index (χ3v) is 2.83. The van der Waals surface area contributed by atoms with E-state index in [9.17, 15) is 0 Å². The molecule has 0 unspecified atom stereocenters. The quantitative estimate of drug-likeness (QED) is 0.895. The van der Waals surface area contributed by atoms with Crippen molar-refractivity contribution in [3.8, 4) is 0 Å². The lowest BCUT2D eigenvalue weighted by Gasteiger charge is -2.29. The monoisotopic (exact) mass is 276 g/mol. The molecule has 2 N–H and O–H groups in total. The molecule has 0 fully saturated rings. The predicted octanol–water partition coefficient (Wildman–Crippen LogP) is 3.18. The predicted molar refractivity (Wildman–Crippen MR) is 77.9 cm³/mol.